The highest BCUT2D eigenvalue weighted by Gasteiger charge is 2.08. The van der Waals surface area contributed by atoms with Crippen LogP contribution in [0, 0.1) is 0 Å². The van der Waals surface area contributed by atoms with Crippen LogP contribution in [0.2, 0.25) is 0 Å². The van der Waals surface area contributed by atoms with E-state index in [1.54, 1.807) is 0 Å². The first-order chi connectivity index (χ1) is 9.97. The summed E-state index contributed by atoms with van der Waals surface area (Å²) in [4.78, 5) is 20.2. The Balaban J connectivity index is 0.000000400. The van der Waals surface area contributed by atoms with Crippen LogP contribution in [-0.2, 0) is 16.0 Å². The van der Waals surface area contributed by atoms with Gasteiger partial charge in [-0.1, -0.05) is 30.3 Å². The summed E-state index contributed by atoms with van der Waals surface area (Å²) in [6.07, 6.45) is 2.97. The van der Waals surface area contributed by atoms with Gasteiger partial charge in [-0.05, 0) is 37.8 Å². The maximum absolute atomic E-state index is 10.2. The number of benzene rings is 1. The van der Waals surface area contributed by atoms with Crippen molar-refractivity contribution in [1.82, 2.24) is 0 Å². The monoisotopic (exact) mass is 296 g/mol. The average Bonchev–Trinajstić information content (AvgIpc) is 2.46. The van der Waals surface area contributed by atoms with E-state index in [0.29, 0.717) is 19.4 Å². The molecule has 0 heterocycles. The summed E-state index contributed by atoms with van der Waals surface area (Å²) in [5.41, 5.74) is 11.5. The second kappa shape index (κ2) is 11.9. The molecule has 118 valence electrons. The van der Waals surface area contributed by atoms with Gasteiger partial charge in [-0.15, -0.1) is 0 Å². The summed E-state index contributed by atoms with van der Waals surface area (Å²) in [6.45, 7) is 0.501. The third-order valence-corrected chi connectivity index (χ3v) is 2.74. The number of carboxylic acids is 2. The molecule has 1 aromatic carbocycles. The molecule has 0 aliphatic heterocycles. The Morgan fingerprint density at radius 2 is 1.71 bits per heavy atom. The van der Waals surface area contributed by atoms with Crippen LogP contribution in [0.4, 0.5) is 0 Å². The highest BCUT2D eigenvalue weighted by atomic mass is 16.4. The highest BCUT2D eigenvalue weighted by Crippen LogP contribution is 2.03. The maximum atomic E-state index is 10.2. The van der Waals surface area contributed by atoms with Gasteiger partial charge < -0.3 is 21.7 Å². The summed E-state index contributed by atoms with van der Waals surface area (Å²) < 4.78 is 0. The molecule has 6 nitrogen and oxygen atoms in total. The van der Waals surface area contributed by atoms with Crippen molar-refractivity contribution in [2.24, 2.45) is 11.5 Å². The van der Waals surface area contributed by atoms with E-state index in [1.165, 1.54) is 5.56 Å². The van der Waals surface area contributed by atoms with E-state index in [9.17, 15) is 9.59 Å². The Bertz CT molecular complexity index is 409. The Labute approximate surface area is 124 Å². The molecule has 1 rings (SSSR count). The minimum atomic E-state index is -0.955. The molecule has 0 unspecified atom stereocenters. The van der Waals surface area contributed by atoms with Crippen molar-refractivity contribution in [3.05, 3.63) is 35.9 Å². The third-order valence-electron chi connectivity index (χ3n) is 2.74. The average molecular weight is 296 g/mol. The van der Waals surface area contributed by atoms with Gasteiger partial charge in [-0.25, -0.2) is 0 Å². The van der Waals surface area contributed by atoms with E-state index in [4.69, 9.17) is 21.7 Å². The summed E-state index contributed by atoms with van der Waals surface area (Å²) >= 11 is 0. The number of aryl methyl sites for hydroxylation is 1. The minimum Gasteiger partial charge on any atom is -0.481 e. The van der Waals surface area contributed by atoms with Crippen molar-refractivity contribution in [3.8, 4) is 0 Å². The molecule has 0 spiro atoms. The summed E-state index contributed by atoms with van der Waals surface area (Å²) in [6, 6.07) is 9.19. The van der Waals surface area contributed by atoms with Gasteiger partial charge in [-0.2, -0.15) is 0 Å². The molecule has 0 bridgehead atoms. The van der Waals surface area contributed by atoms with Crippen molar-refractivity contribution in [1.29, 1.82) is 0 Å². The van der Waals surface area contributed by atoms with Crippen molar-refractivity contribution in [3.63, 3.8) is 0 Å². The Morgan fingerprint density at radius 1 is 1.10 bits per heavy atom. The Hall–Kier alpha value is -1.92. The second-order valence-corrected chi connectivity index (χ2v) is 4.61. The number of aliphatic carboxylic acids is 2. The zero-order valence-corrected chi connectivity index (χ0v) is 12.1. The topological polar surface area (TPSA) is 127 Å². The molecule has 1 aromatic rings. The second-order valence-electron chi connectivity index (χ2n) is 4.61. The molecule has 0 aromatic heterocycles. The quantitative estimate of drug-likeness (QED) is 0.571. The minimum absolute atomic E-state index is 0.259. The standard InChI is InChI=1S/C10H12O2.C5H12N2O2/c11-10(12)8-4-7-9-5-2-1-3-6-9;6-3-1-2-4(7)5(8)9/h1-3,5-6H,4,7-8H2,(H,11,12);4H,1-3,6-7H2,(H,8,9)/t;4-/m.0/s1. The van der Waals surface area contributed by atoms with Crippen LogP contribution in [0.15, 0.2) is 30.3 Å². The van der Waals surface area contributed by atoms with Gasteiger partial charge in [0.15, 0.2) is 0 Å². The molecular weight excluding hydrogens is 272 g/mol. The smallest absolute Gasteiger partial charge is 0.320 e. The van der Waals surface area contributed by atoms with Crippen LogP contribution in [0.5, 0.6) is 0 Å². The summed E-state index contributed by atoms with van der Waals surface area (Å²) in [5.74, 6) is -1.67. The Kier molecular flexibility index (Phi) is 10.8. The first-order valence-corrected chi connectivity index (χ1v) is 6.91. The first kappa shape index (κ1) is 19.1. The molecule has 0 radical (unpaired) electrons. The molecule has 21 heavy (non-hydrogen) atoms. The number of nitrogens with two attached hydrogens (primary N) is 2. The fourth-order valence-electron chi connectivity index (χ4n) is 1.55. The number of rotatable bonds is 8. The van der Waals surface area contributed by atoms with E-state index in [0.717, 1.165) is 12.8 Å². The normalized spacial score (nSPS) is 11.1. The van der Waals surface area contributed by atoms with Gasteiger partial charge in [0.05, 0.1) is 0 Å². The van der Waals surface area contributed by atoms with Crippen LogP contribution in [0.3, 0.4) is 0 Å². The molecule has 0 saturated heterocycles. The van der Waals surface area contributed by atoms with Crippen molar-refractivity contribution in [2.75, 3.05) is 6.54 Å². The van der Waals surface area contributed by atoms with E-state index in [-0.39, 0.29) is 6.42 Å². The van der Waals surface area contributed by atoms with Gasteiger partial charge in [-0.3, -0.25) is 9.59 Å². The number of hydrogen-bond donors (Lipinski definition) is 4. The molecule has 6 heteroatoms. The third kappa shape index (κ3) is 11.6. The van der Waals surface area contributed by atoms with Crippen molar-refractivity contribution >= 4 is 11.9 Å². The predicted molar refractivity (Wildman–Crippen MR) is 80.9 cm³/mol. The molecule has 0 saturated carbocycles. The molecule has 1 atom stereocenters. The van der Waals surface area contributed by atoms with Gasteiger partial charge in [0.2, 0.25) is 0 Å². The summed E-state index contributed by atoms with van der Waals surface area (Å²) in [5, 5.41) is 16.6. The van der Waals surface area contributed by atoms with Crippen molar-refractivity contribution < 1.29 is 19.8 Å². The number of carbonyl (C=O) groups is 2. The van der Waals surface area contributed by atoms with E-state index < -0.39 is 18.0 Å². The van der Waals surface area contributed by atoms with Gasteiger partial charge in [0.25, 0.3) is 0 Å². The van der Waals surface area contributed by atoms with Crippen LogP contribution in [-0.4, -0.2) is 34.7 Å². The largest absolute Gasteiger partial charge is 0.481 e. The van der Waals surface area contributed by atoms with Gasteiger partial charge in [0, 0.05) is 6.42 Å². The molecular formula is C15H24N2O4. The summed E-state index contributed by atoms with van der Waals surface area (Å²) in [7, 11) is 0. The van der Waals surface area contributed by atoms with Crippen LogP contribution in [0.25, 0.3) is 0 Å². The van der Waals surface area contributed by atoms with E-state index in [2.05, 4.69) is 0 Å². The lowest BCUT2D eigenvalue weighted by Crippen LogP contribution is -2.30. The molecule has 0 fully saturated rings. The lowest BCUT2D eigenvalue weighted by atomic mass is 10.1. The predicted octanol–water partition coefficient (Wildman–Crippen LogP) is 1.23. The molecule has 0 aliphatic rings. The molecule has 0 aliphatic carbocycles. The number of hydrogen-bond acceptors (Lipinski definition) is 4. The van der Waals surface area contributed by atoms with Gasteiger partial charge in [0.1, 0.15) is 6.04 Å². The van der Waals surface area contributed by atoms with Crippen LogP contribution < -0.4 is 11.5 Å². The number of carboxylic acid groups (broad SMARTS) is 2. The van der Waals surface area contributed by atoms with E-state index >= 15 is 0 Å². The van der Waals surface area contributed by atoms with Crippen LogP contribution >= 0.6 is 0 Å². The molecule has 6 N–H and O–H groups in total. The van der Waals surface area contributed by atoms with Crippen molar-refractivity contribution in [2.45, 2.75) is 38.1 Å². The lowest BCUT2D eigenvalue weighted by Gasteiger charge is -2.02. The zero-order valence-electron chi connectivity index (χ0n) is 12.1. The van der Waals surface area contributed by atoms with Crippen LogP contribution in [0.1, 0.15) is 31.2 Å². The molecule has 0 amide bonds. The fourth-order valence-corrected chi connectivity index (χ4v) is 1.55. The van der Waals surface area contributed by atoms with E-state index in [1.807, 2.05) is 30.3 Å². The first-order valence-electron chi connectivity index (χ1n) is 6.91. The maximum Gasteiger partial charge on any atom is 0.320 e. The lowest BCUT2D eigenvalue weighted by molar-refractivity contribution is -0.139. The zero-order chi connectivity index (χ0) is 16.1. The SMILES string of the molecule is NCCC[C@H](N)C(=O)O.O=C(O)CCCc1ccccc1. The highest BCUT2D eigenvalue weighted by molar-refractivity contribution is 5.72. The fraction of sp³-hybridized carbons (Fsp3) is 0.467. The van der Waals surface area contributed by atoms with Gasteiger partial charge >= 0.3 is 11.9 Å². The Morgan fingerprint density at radius 3 is 2.19 bits per heavy atom.